The lowest BCUT2D eigenvalue weighted by molar-refractivity contribution is 0.968. The Hall–Kier alpha value is -0.730. The molecule has 1 aromatic rings. The van der Waals surface area contributed by atoms with E-state index in [2.05, 4.69) is 43.0 Å². The van der Waals surface area contributed by atoms with E-state index in [1.54, 1.807) is 0 Å². The Bertz CT molecular complexity index is 281. The van der Waals surface area contributed by atoms with Gasteiger partial charge in [0.25, 0.3) is 0 Å². The van der Waals surface area contributed by atoms with E-state index in [-0.39, 0.29) is 0 Å². The summed E-state index contributed by atoms with van der Waals surface area (Å²) in [5.74, 6) is 0.779. The highest BCUT2D eigenvalue weighted by Gasteiger charge is 1.91. The molecule has 0 fully saturated rings. The number of hydrogen-bond acceptors (Lipinski definition) is 2. The van der Waals surface area contributed by atoms with Crippen LogP contribution >= 0.6 is 12.6 Å². The number of rotatable bonds is 4. The van der Waals surface area contributed by atoms with Crippen molar-refractivity contribution in [3.63, 3.8) is 0 Å². The first-order chi connectivity index (χ1) is 6.36. The largest absolute Gasteiger partial charge is 0.330 e. The van der Waals surface area contributed by atoms with E-state index in [0.717, 1.165) is 12.2 Å². The van der Waals surface area contributed by atoms with Crippen LogP contribution in [0.2, 0.25) is 0 Å². The van der Waals surface area contributed by atoms with E-state index >= 15 is 0 Å². The highest BCUT2D eigenvalue weighted by Crippen LogP contribution is 2.07. The van der Waals surface area contributed by atoms with Crippen LogP contribution in [0.4, 0.5) is 0 Å². The SMILES string of the molecule is NCCc1cccc(C=CCS)c1. The Labute approximate surface area is 85.1 Å². The van der Waals surface area contributed by atoms with Gasteiger partial charge in [0, 0.05) is 5.75 Å². The second kappa shape index (κ2) is 5.84. The zero-order valence-electron chi connectivity index (χ0n) is 7.61. The van der Waals surface area contributed by atoms with Gasteiger partial charge < -0.3 is 5.73 Å². The molecule has 0 heterocycles. The van der Waals surface area contributed by atoms with Crippen molar-refractivity contribution in [2.45, 2.75) is 6.42 Å². The molecule has 0 radical (unpaired) electrons. The van der Waals surface area contributed by atoms with Gasteiger partial charge in [-0.15, -0.1) is 0 Å². The fourth-order valence-corrected chi connectivity index (χ4v) is 1.31. The lowest BCUT2D eigenvalue weighted by Gasteiger charge is -1.99. The van der Waals surface area contributed by atoms with Crippen molar-refractivity contribution in [1.82, 2.24) is 0 Å². The molecule has 2 N–H and O–H groups in total. The molecule has 0 unspecified atom stereocenters. The maximum Gasteiger partial charge on any atom is 0.00858 e. The van der Waals surface area contributed by atoms with Crippen molar-refractivity contribution in [1.29, 1.82) is 0 Å². The summed E-state index contributed by atoms with van der Waals surface area (Å²) in [6.45, 7) is 0.708. The summed E-state index contributed by atoms with van der Waals surface area (Å²) in [6, 6.07) is 8.40. The Kier molecular flexibility index (Phi) is 4.65. The number of thiol groups is 1. The molecule has 13 heavy (non-hydrogen) atoms. The van der Waals surface area contributed by atoms with Crippen LogP contribution in [-0.4, -0.2) is 12.3 Å². The molecule has 0 saturated heterocycles. The second-order valence-corrected chi connectivity index (χ2v) is 3.23. The highest BCUT2D eigenvalue weighted by molar-refractivity contribution is 7.80. The van der Waals surface area contributed by atoms with Gasteiger partial charge in [-0.05, 0) is 24.1 Å². The molecule has 0 amide bonds. The second-order valence-electron chi connectivity index (χ2n) is 2.87. The standard InChI is InChI=1S/C11H15NS/c12-7-6-11-4-1-3-10(9-11)5-2-8-13/h1-5,9,13H,6-8,12H2. The van der Waals surface area contributed by atoms with Crippen LogP contribution < -0.4 is 5.73 Å². The quantitative estimate of drug-likeness (QED) is 0.704. The molecular formula is C11H15NS. The zero-order chi connectivity index (χ0) is 9.52. The molecule has 1 aromatic carbocycles. The maximum absolute atomic E-state index is 5.48. The summed E-state index contributed by atoms with van der Waals surface area (Å²) in [4.78, 5) is 0. The van der Waals surface area contributed by atoms with E-state index in [4.69, 9.17) is 5.73 Å². The van der Waals surface area contributed by atoms with Crippen LogP contribution in [0.25, 0.3) is 6.08 Å². The van der Waals surface area contributed by atoms with E-state index in [1.165, 1.54) is 11.1 Å². The van der Waals surface area contributed by atoms with Gasteiger partial charge in [-0.3, -0.25) is 0 Å². The first kappa shape index (κ1) is 10.4. The number of hydrogen-bond donors (Lipinski definition) is 2. The summed E-state index contributed by atoms with van der Waals surface area (Å²) in [5.41, 5.74) is 8.00. The third-order valence-corrected chi connectivity index (χ3v) is 2.01. The predicted octanol–water partition coefficient (Wildman–Crippen LogP) is 2.13. The first-order valence-corrected chi connectivity index (χ1v) is 5.06. The normalized spacial score (nSPS) is 10.9. The van der Waals surface area contributed by atoms with E-state index in [9.17, 15) is 0 Å². The fourth-order valence-electron chi connectivity index (χ4n) is 1.21. The van der Waals surface area contributed by atoms with E-state index < -0.39 is 0 Å². The third kappa shape index (κ3) is 3.66. The Balaban J connectivity index is 2.73. The van der Waals surface area contributed by atoms with Crippen LogP contribution in [0, 0.1) is 0 Å². The zero-order valence-corrected chi connectivity index (χ0v) is 8.50. The molecule has 0 spiro atoms. The molecule has 0 aliphatic carbocycles. The topological polar surface area (TPSA) is 26.0 Å². The Morgan fingerprint density at radius 1 is 1.38 bits per heavy atom. The third-order valence-electron chi connectivity index (χ3n) is 1.80. The van der Waals surface area contributed by atoms with Gasteiger partial charge in [0.2, 0.25) is 0 Å². The molecular weight excluding hydrogens is 178 g/mol. The van der Waals surface area contributed by atoms with Crippen molar-refractivity contribution in [3.05, 3.63) is 41.5 Å². The molecule has 0 aliphatic heterocycles. The average Bonchev–Trinajstić information content (AvgIpc) is 2.16. The molecule has 1 rings (SSSR count). The van der Waals surface area contributed by atoms with E-state index in [1.807, 2.05) is 6.08 Å². The van der Waals surface area contributed by atoms with Gasteiger partial charge in [-0.1, -0.05) is 36.4 Å². The van der Waals surface area contributed by atoms with Crippen LogP contribution in [-0.2, 0) is 6.42 Å². The molecule has 0 aliphatic rings. The average molecular weight is 193 g/mol. The minimum absolute atomic E-state index is 0.708. The van der Waals surface area contributed by atoms with Crippen LogP contribution in [0.15, 0.2) is 30.3 Å². The highest BCUT2D eigenvalue weighted by atomic mass is 32.1. The Morgan fingerprint density at radius 3 is 2.92 bits per heavy atom. The molecule has 0 aromatic heterocycles. The summed E-state index contributed by atoms with van der Waals surface area (Å²) >= 11 is 4.11. The Morgan fingerprint density at radius 2 is 2.23 bits per heavy atom. The van der Waals surface area contributed by atoms with E-state index in [0.29, 0.717) is 6.54 Å². The minimum atomic E-state index is 0.708. The van der Waals surface area contributed by atoms with Crippen molar-refractivity contribution < 1.29 is 0 Å². The molecule has 0 bridgehead atoms. The smallest absolute Gasteiger partial charge is 0.00858 e. The van der Waals surface area contributed by atoms with Crippen molar-refractivity contribution in [2.75, 3.05) is 12.3 Å². The molecule has 0 atom stereocenters. The van der Waals surface area contributed by atoms with Gasteiger partial charge in [-0.2, -0.15) is 12.6 Å². The first-order valence-electron chi connectivity index (χ1n) is 4.43. The van der Waals surface area contributed by atoms with Gasteiger partial charge in [0.05, 0.1) is 0 Å². The van der Waals surface area contributed by atoms with Crippen LogP contribution in [0.5, 0.6) is 0 Å². The van der Waals surface area contributed by atoms with Gasteiger partial charge >= 0.3 is 0 Å². The van der Waals surface area contributed by atoms with Crippen molar-refractivity contribution >= 4 is 18.7 Å². The molecule has 1 nitrogen and oxygen atoms in total. The molecule has 70 valence electrons. The van der Waals surface area contributed by atoms with Crippen molar-refractivity contribution in [2.24, 2.45) is 5.73 Å². The van der Waals surface area contributed by atoms with Crippen molar-refractivity contribution in [3.8, 4) is 0 Å². The molecule has 2 heteroatoms. The summed E-state index contributed by atoms with van der Waals surface area (Å²) < 4.78 is 0. The molecule has 0 saturated carbocycles. The summed E-state index contributed by atoms with van der Waals surface area (Å²) in [6.07, 6.45) is 5.06. The minimum Gasteiger partial charge on any atom is -0.330 e. The lowest BCUT2D eigenvalue weighted by Crippen LogP contribution is -2.02. The summed E-state index contributed by atoms with van der Waals surface area (Å²) in [5, 5.41) is 0. The van der Waals surface area contributed by atoms with Gasteiger partial charge in [0.1, 0.15) is 0 Å². The lowest BCUT2D eigenvalue weighted by atomic mass is 10.1. The van der Waals surface area contributed by atoms with Crippen LogP contribution in [0.3, 0.4) is 0 Å². The number of benzene rings is 1. The number of nitrogens with two attached hydrogens (primary N) is 1. The predicted molar refractivity (Wildman–Crippen MR) is 62.1 cm³/mol. The maximum atomic E-state index is 5.48. The summed E-state index contributed by atoms with van der Waals surface area (Å²) in [7, 11) is 0. The monoisotopic (exact) mass is 193 g/mol. The fraction of sp³-hybridized carbons (Fsp3) is 0.273. The van der Waals surface area contributed by atoms with Gasteiger partial charge in [-0.25, -0.2) is 0 Å². The van der Waals surface area contributed by atoms with Gasteiger partial charge in [0.15, 0.2) is 0 Å². The van der Waals surface area contributed by atoms with Crippen LogP contribution in [0.1, 0.15) is 11.1 Å².